The fourth-order valence-electron chi connectivity index (χ4n) is 10.7. The lowest BCUT2D eigenvalue weighted by atomic mass is 10.0. The van der Waals surface area contributed by atoms with Gasteiger partial charge in [-0.15, -0.1) is 0 Å². The van der Waals surface area contributed by atoms with Crippen molar-refractivity contribution in [3.05, 3.63) is 0 Å². The Kier molecular flexibility index (Phi) is 60.6. The van der Waals surface area contributed by atoms with Crippen LogP contribution in [0.2, 0.25) is 0 Å². The third-order valence-electron chi connectivity index (χ3n) is 16.4. The van der Waals surface area contributed by atoms with E-state index in [4.69, 9.17) is 37.0 Å². The summed E-state index contributed by atoms with van der Waals surface area (Å²) in [4.78, 5) is 72.5. The van der Waals surface area contributed by atoms with Crippen molar-refractivity contribution in [1.29, 1.82) is 0 Å². The normalized spacial score (nSPS) is 14.2. The van der Waals surface area contributed by atoms with Crippen molar-refractivity contribution in [3.63, 3.8) is 0 Å². The van der Waals surface area contributed by atoms with E-state index in [1.54, 1.807) is 0 Å². The van der Waals surface area contributed by atoms with Gasteiger partial charge in [-0.3, -0.25) is 37.3 Å². The Morgan fingerprint density at radius 1 is 0.300 bits per heavy atom. The van der Waals surface area contributed by atoms with Crippen LogP contribution in [0.3, 0.4) is 0 Å². The molecular weight excluding hydrogens is 1190 g/mol. The topological polar surface area (TPSA) is 237 Å². The Bertz CT molecular complexity index is 1770. The molecule has 0 saturated carbocycles. The molecule has 0 rings (SSSR count). The second-order valence-electron chi connectivity index (χ2n) is 27.1. The number of esters is 4. The Morgan fingerprint density at radius 2 is 0.511 bits per heavy atom. The third kappa shape index (κ3) is 64.8. The number of ether oxygens (including phenoxy) is 4. The number of carbonyl (C=O) groups is 4. The molecule has 0 aromatic rings. The molecule has 2 unspecified atom stereocenters. The van der Waals surface area contributed by atoms with Gasteiger partial charge in [0.05, 0.1) is 26.4 Å². The van der Waals surface area contributed by atoms with E-state index in [1.807, 2.05) is 0 Å². The average Bonchev–Trinajstić information content (AvgIpc) is 3.30. The van der Waals surface area contributed by atoms with Crippen LogP contribution in [0.1, 0.15) is 357 Å². The standard InChI is InChI=1S/C71H138O17P2/c1-8-9-10-11-12-31-38-45-52-68(73)81-58-66(88-71(76)55-48-41-34-27-21-24-30-37-44-51-64(6)7)60-85-89(77,78)83-56-65(72)57-84-90(79,80)86-61-67(87-70(75)54-47-40-33-26-20-16-14-18-23-29-36-43-50-63(4)5)59-82-69(74)53-46-39-32-25-19-15-13-17-22-28-35-42-49-62(2)3/h62-67,72H,8-61H2,1-7H3,(H,77,78)(H,79,80)/t65-,66+,67+/m0/s1. The molecule has 0 aromatic heterocycles. The monoisotopic (exact) mass is 1320 g/mol. The van der Waals surface area contributed by atoms with E-state index in [-0.39, 0.29) is 25.7 Å². The number of hydrogen-bond acceptors (Lipinski definition) is 15. The summed E-state index contributed by atoms with van der Waals surface area (Å²) in [5.41, 5.74) is 0. The van der Waals surface area contributed by atoms with Gasteiger partial charge in [0, 0.05) is 25.7 Å². The fraction of sp³-hybridized carbons (Fsp3) is 0.944. The molecule has 0 amide bonds. The lowest BCUT2D eigenvalue weighted by molar-refractivity contribution is -0.161. The maximum Gasteiger partial charge on any atom is 0.472 e. The first-order chi connectivity index (χ1) is 43.2. The summed E-state index contributed by atoms with van der Waals surface area (Å²) in [5, 5.41) is 10.6. The second kappa shape index (κ2) is 61.9. The van der Waals surface area contributed by atoms with Crippen LogP contribution in [-0.4, -0.2) is 96.7 Å². The lowest BCUT2D eigenvalue weighted by Crippen LogP contribution is -2.30. The van der Waals surface area contributed by atoms with Crippen LogP contribution in [0.5, 0.6) is 0 Å². The van der Waals surface area contributed by atoms with Gasteiger partial charge in [0.2, 0.25) is 0 Å². The van der Waals surface area contributed by atoms with E-state index in [9.17, 15) is 43.2 Å². The predicted octanol–water partition coefficient (Wildman–Crippen LogP) is 20.2. The van der Waals surface area contributed by atoms with Crippen LogP contribution in [0.4, 0.5) is 0 Å². The average molecular weight is 1330 g/mol. The third-order valence-corrected chi connectivity index (χ3v) is 18.3. The number of aliphatic hydroxyl groups excluding tert-OH is 1. The predicted molar refractivity (Wildman–Crippen MR) is 363 cm³/mol. The van der Waals surface area contributed by atoms with Gasteiger partial charge >= 0.3 is 39.5 Å². The van der Waals surface area contributed by atoms with Gasteiger partial charge in [-0.25, -0.2) is 9.13 Å². The van der Waals surface area contributed by atoms with Gasteiger partial charge in [-0.1, -0.05) is 305 Å². The van der Waals surface area contributed by atoms with Gasteiger partial charge < -0.3 is 33.8 Å². The van der Waals surface area contributed by atoms with E-state index >= 15 is 0 Å². The fourth-order valence-corrected chi connectivity index (χ4v) is 12.3. The summed E-state index contributed by atoms with van der Waals surface area (Å²) in [5.74, 6) is 0.168. The van der Waals surface area contributed by atoms with Gasteiger partial charge in [-0.2, -0.15) is 0 Å². The molecule has 0 aliphatic carbocycles. The van der Waals surface area contributed by atoms with Gasteiger partial charge in [0.15, 0.2) is 12.2 Å². The van der Waals surface area contributed by atoms with E-state index in [0.717, 1.165) is 114 Å². The maximum absolute atomic E-state index is 13.0. The van der Waals surface area contributed by atoms with Crippen molar-refractivity contribution in [1.82, 2.24) is 0 Å². The largest absolute Gasteiger partial charge is 0.472 e. The highest BCUT2D eigenvalue weighted by Crippen LogP contribution is 2.45. The molecule has 0 bridgehead atoms. The van der Waals surface area contributed by atoms with Crippen LogP contribution >= 0.6 is 15.6 Å². The van der Waals surface area contributed by atoms with Crippen molar-refractivity contribution < 1.29 is 80.2 Å². The first kappa shape index (κ1) is 88.1. The minimum atomic E-state index is -4.95. The molecule has 19 heteroatoms. The zero-order valence-corrected chi connectivity index (χ0v) is 60.4. The lowest BCUT2D eigenvalue weighted by Gasteiger charge is -2.21. The van der Waals surface area contributed by atoms with Crippen LogP contribution < -0.4 is 0 Å². The Balaban J connectivity index is 5.23. The number of carbonyl (C=O) groups excluding carboxylic acids is 4. The smallest absolute Gasteiger partial charge is 0.462 e. The number of rotatable bonds is 69. The summed E-state index contributed by atoms with van der Waals surface area (Å²) < 4.78 is 68.3. The van der Waals surface area contributed by atoms with Gasteiger partial charge in [0.25, 0.3) is 0 Å². The van der Waals surface area contributed by atoms with Crippen molar-refractivity contribution in [2.45, 2.75) is 375 Å². The quantitative estimate of drug-likeness (QED) is 0.0222. The molecule has 90 heavy (non-hydrogen) atoms. The molecule has 3 N–H and O–H groups in total. The molecule has 0 saturated heterocycles. The number of hydrogen-bond donors (Lipinski definition) is 3. The Morgan fingerprint density at radius 3 is 0.756 bits per heavy atom. The van der Waals surface area contributed by atoms with E-state index < -0.39 is 97.5 Å². The zero-order chi connectivity index (χ0) is 66.6. The van der Waals surface area contributed by atoms with Crippen LogP contribution in [0, 0.1) is 17.8 Å². The van der Waals surface area contributed by atoms with Gasteiger partial charge in [-0.05, 0) is 43.4 Å². The first-order valence-electron chi connectivity index (χ1n) is 36.8. The number of phosphoric acid groups is 2. The molecule has 534 valence electrons. The minimum Gasteiger partial charge on any atom is -0.462 e. The van der Waals surface area contributed by atoms with Crippen molar-refractivity contribution in [3.8, 4) is 0 Å². The summed E-state index contributed by atoms with van der Waals surface area (Å²) in [7, 11) is -9.90. The maximum atomic E-state index is 13.0. The van der Waals surface area contributed by atoms with Crippen molar-refractivity contribution in [2.24, 2.45) is 17.8 Å². The molecule has 0 fully saturated rings. The number of phosphoric ester groups is 2. The highest BCUT2D eigenvalue weighted by Gasteiger charge is 2.30. The Labute approximate surface area is 549 Å². The summed E-state index contributed by atoms with van der Waals surface area (Å²) >= 11 is 0. The van der Waals surface area contributed by atoms with Crippen LogP contribution in [0.25, 0.3) is 0 Å². The molecule has 0 aliphatic rings. The van der Waals surface area contributed by atoms with Crippen molar-refractivity contribution >= 4 is 39.5 Å². The highest BCUT2D eigenvalue weighted by atomic mass is 31.2. The summed E-state index contributed by atoms with van der Waals surface area (Å²) in [6.45, 7) is 11.8. The molecule has 5 atom stereocenters. The SMILES string of the molecule is CCCCCCCCCCC(=O)OC[C@H](COP(=O)(O)OC[C@H](O)COP(=O)(O)OC[C@@H](COC(=O)CCCCCCCCCCCCCCC(C)C)OC(=O)CCCCCCCCCCCCCCC(C)C)OC(=O)CCCCCCCCCCCC(C)C. The second-order valence-corrected chi connectivity index (χ2v) is 30.0. The highest BCUT2D eigenvalue weighted by molar-refractivity contribution is 7.47. The molecule has 0 radical (unpaired) electrons. The van der Waals surface area contributed by atoms with E-state index in [0.29, 0.717) is 25.7 Å². The summed E-state index contributed by atoms with van der Waals surface area (Å²) in [6.07, 6.45) is 45.8. The molecule has 17 nitrogen and oxygen atoms in total. The molecule has 0 spiro atoms. The van der Waals surface area contributed by atoms with Crippen LogP contribution in [0.15, 0.2) is 0 Å². The zero-order valence-electron chi connectivity index (χ0n) is 58.6. The molecule has 0 aliphatic heterocycles. The molecule has 0 aromatic carbocycles. The summed E-state index contributed by atoms with van der Waals surface area (Å²) in [6, 6.07) is 0. The Hall–Kier alpha value is -1.94. The van der Waals surface area contributed by atoms with E-state index in [1.165, 1.54) is 161 Å². The molecule has 0 heterocycles. The van der Waals surface area contributed by atoms with E-state index in [2.05, 4.69) is 48.5 Å². The van der Waals surface area contributed by atoms with Crippen molar-refractivity contribution in [2.75, 3.05) is 39.6 Å². The minimum absolute atomic E-state index is 0.105. The first-order valence-corrected chi connectivity index (χ1v) is 39.8. The molecular formula is C71H138O17P2. The van der Waals surface area contributed by atoms with Crippen LogP contribution in [-0.2, 0) is 65.4 Å². The van der Waals surface area contributed by atoms with Gasteiger partial charge in [0.1, 0.15) is 19.3 Å². The number of unbranched alkanes of at least 4 members (excludes halogenated alkanes) is 37. The number of aliphatic hydroxyl groups is 1.